The van der Waals surface area contributed by atoms with Crippen molar-refractivity contribution >= 4 is 27.3 Å². The van der Waals surface area contributed by atoms with Gasteiger partial charge in [0.05, 0.1) is 5.69 Å². The number of benzene rings is 1. The molecule has 0 aromatic heterocycles. The largest absolute Gasteiger partial charge is 0.398 e. The molecule has 0 saturated heterocycles. The van der Waals surface area contributed by atoms with Gasteiger partial charge in [-0.15, -0.1) is 0 Å². The minimum atomic E-state index is -3.58. The van der Waals surface area contributed by atoms with Crippen molar-refractivity contribution in [1.82, 2.24) is 9.62 Å². The second kappa shape index (κ2) is 6.10. The molecule has 1 rings (SSSR count). The normalized spacial score (nSPS) is 12.8. The van der Waals surface area contributed by atoms with Crippen LogP contribution in [0.1, 0.15) is 6.92 Å². The van der Waals surface area contributed by atoms with E-state index >= 15 is 0 Å². The molecule has 0 heterocycles. The molecule has 0 spiro atoms. The lowest BCUT2D eigenvalue weighted by atomic mass is 10.2. The van der Waals surface area contributed by atoms with Gasteiger partial charge in [0.2, 0.25) is 15.9 Å². The number of nitrogen functional groups attached to an aromatic ring is 1. The zero-order chi connectivity index (χ0) is 15.5. The first-order valence-corrected chi connectivity index (χ1v) is 7.48. The van der Waals surface area contributed by atoms with Crippen molar-refractivity contribution in [3.8, 4) is 0 Å². The molecule has 4 N–H and O–H groups in total. The first-order chi connectivity index (χ1) is 9.19. The van der Waals surface area contributed by atoms with Gasteiger partial charge in [0.1, 0.15) is 10.9 Å². The monoisotopic (exact) mass is 300 g/mol. The van der Waals surface area contributed by atoms with Crippen molar-refractivity contribution in [3.63, 3.8) is 0 Å². The van der Waals surface area contributed by atoms with E-state index < -0.39 is 16.1 Å². The summed E-state index contributed by atoms with van der Waals surface area (Å²) >= 11 is 0. The molecule has 0 aliphatic heterocycles. The van der Waals surface area contributed by atoms with Gasteiger partial charge in [0.15, 0.2) is 0 Å². The van der Waals surface area contributed by atoms with E-state index in [1.54, 1.807) is 27.1 Å². The Labute approximate surface area is 119 Å². The van der Waals surface area contributed by atoms with Crippen LogP contribution in [0.4, 0.5) is 11.4 Å². The number of nitrogens with one attached hydrogen (secondary N) is 2. The first kappa shape index (κ1) is 16.3. The number of nitrogens with zero attached hydrogens (tertiary/aromatic N) is 1. The third kappa shape index (κ3) is 3.61. The summed E-state index contributed by atoms with van der Waals surface area (Å²) in [6.45, 7) is 1.72. The third-order valence-corrected chi connectivity index (χ3v) is 4.25. The molecule has 7 nitrogen and oxygen atoms in total. The Balaban J connectivity index is 2.97. The van der Waals surface area contributed by atoms with Gasteiger partial charge < -0.3 is 16.0 Å². The molecule has 1 aromatic carbocycles. The number of amides is 1. The highest BCUT2D eigenvalue weighted by Crippen LogP contribution is 2.22. The lowest BCUT2D eigenvalue weighted by Crippen LogP contribution is -2.36. The standard InChI is InChI=1S/C12H20N4O3S/c1-8(12(17)16(3)4)15-9-5-6-11(10(13)7-9)20(18,19)14-2/h5-8,14-15H,13H2,1-4H3. The zero-order valence-electron chi connectivity index (χ0n) is 12.0. The Morgan fingerprint density at radius 1 is 1.35 bits per heavy atom. The molecule has 0 fully saturated rings. The minimum Gasteiger partial charge on any atom is -0.398 e. The van der Waals surface area contributed by atoms with Crippen LogP contribution >= 0.6 is 0 Å². The predicted octanol–water partition coefficient (Wildman–Crippen LogP) is 0.0655. The molecule has 0 saturated carbocycles. The van der Waals surface area contributed by atoms with Gasteiger partial charge in [-0.3, -0.25) is 4.79 Å². The first-order valence-electron chi connectivity index (χ1n) is 6.00. The van der Waals surface area contributed by atoms with Gasteiger partial charge in [-0.05, 0) is 32.2 Å². The molecule has 0 aliphatic rings. The second-order valence-electron chi connectivity index (χ2n) is 4.56. The van der Waals surface area contributed by atoms with E-state index in [0.717, 1.165) is 0 Å². The van der Waals surface area contributed by atoms with Crippen molar-refractivity contribution in [2.24, 2.45) is 0 Å². The van der Waals surface area contributed by atoms with Crippen molar-refractivity contribution < 1.29 is 13.2 Å². The summed E-state index contributed by atoms with van der Waals surface area (Å²) in [5.41, 5.74) is 6.44. The van der Waals surface area contributed by atoms with Gasteiger partial charge in [-0.1, -0.05) is 0 Å². The van der Waals surface area contributed by atoms with E-state index in [-0.39, 0.29) is 16.5 Å². The fourth-order valence-corrected chi connectivity index (χ4v) is 2.53. The maximum atomic E-state index is 11.7. The smallest absolute Gasteiger partial charge is 0.244 e. The molecule has 1 unspecified atom stereocenters. The third-order valence-electron chi connectivity index (χ3n) is 2.76. The van der Waals surface area contributed by atoms with Crippen molar-refractivity contribution in [1.29, 1.82) is 0 Å². The number of hydrogen-bond donors (Lipinski definition) is 3. The van der Waals surface area contributed by atoms with Gasteiger partial charge in [0, 0.05) is 19.8 Å². The molecule has 0 aliphatic carbocycles. The highest BCUT2D eigenvalue weighted by molar-refractivity contribution is 7.89. The van der Waals surface area contributed by atoms with Crippen LogP contribution in [0.2, 0.25) is 0 Å². The SMILES string of the molecule is CNS(=O)(=O)c1ccc(NC(C)C(=O)N(C)C)cc1N. The predicted molar refractivity (Wildman–Crippen MR) is 78.9 cm³/mol. The zero-order valence-corrected chi connectivity index (χ0v) is 12.8. The highest BCUT2D eigenvalue weighted by Gasteiger charge is 2.17. The Morgan fingerprint density at radius 2 is 1.95 bits per heavy atom. The van der Waals surface area contributed by atoms with Crippen LogP contribution in [0.25, 0.3) is 0 Å². The molecule has 20 heavy (non-hydrogen) atoms. The Hall–Kier alpha value is -1.80. The number of rotatable bonds is 5. The van der Waals surface area contributed by atoms with E-state index in [1.807, 2.05) is 0 Å². The van der Waals surface area contributed by atoms with E-state index in [1.165, 1.54) is 24.1 Å². The fraction of sp³-hybridized carbons (Fsp3) is 0.417. The molecule has 1 aromatic rings. The Morgan fingerprint density at radius 3 is 2.40 bits per heavy atom. The Bertz CT molecular complexity index is 599. The van der Waals surface area contributed by atoms with E-state index in [9.17, 15) is 13.2 Å². The van der Waals surface area contributed by atoms with Gasteiger partial charge in [0.25, 0.3) is 0 Å². The van der Waals surface area contributed by atoms with Crippen molar-refractivity contribution in [2.75, 3.05) is 32.2 Å². The van der Waals surface area contributed by atoms with E-state index in [4.69, 9.17) is 5.73 Å². The molecular formula is C12H20N4O3S. The second-order valence-corrected chi connectivity index (χ2v) is 6.41. The Kier molecular flexibility index (Phi) is 4.96. The van der Waals surface area contributed by atoms with Gasteiger partial charge in [-0.25, -0.2) is 13.1 Å². The number of carbonyl (C=O) groups is 1. The van der Waals surface area contributed by atoms with Crippen LogP contribution in [-0.4, -0.2) is 46.4 Å². The lowest BCUT2D eigenvalue weighted by molar-refractivity contribution is -0.129. The average molecular weight is 300 g/mol. The van der Waals surface area contributed by atoms with Crippen LogP contribution in [0.3, 0.4) is 0 Å². The van der Waals surface area contributed by atoms with Crippen LogP contribution < -0.4 is 15.8 Å². The van der Waals surface area contributed by atoms with Crippen LogP contribution in [0.15, 0.2) is 23.1 Å². The topological polar surface area (TPSA) is 105 Å². The van der Waals surface area contributed by atoms with Gasteiger partial charge in [-0.2, -0.15) is 0 Å². The minimum absolute atomic E-state index is 0.0112. The molecular weight excluding hydrogens is 280 g/mol. The summed E-state index contributed by atoms with van der Waals surface area (Å²) in [6.07, 6.45) is 0. The summed E-state index contributed by atoms with van der Waals surface area (Å²) in [7, 11) is 1.06. The number of likely N-dealkylation sites (N-methyl/N-ethyl adjacent to an activating group) is 1. The molecule has 1 amide bonds. The number of hydrogen-bond acceptors (Lipinski definition) is 5. The number of carbonyl (C=O) groups excluding carboxylic acids is 1. The van der Waals surface area contributed by atoms with Crippen molar-refractivity contribution in [3.05, 3.63) is 18.2 Å². The maximum Gasteiger partial charge on any atom is 0.244 e. The summed E-state index contributed by atoms with van der Waals surface area (Å²) in [6, 6.07) is 4.02. The molecule has 8 heteroatoms. The summed E-state index contributed by atoms with van der Waals surface area (Å²) in [4.78, 5) is 13.2. The summed E-state index contributed by atoms with van der Waals surface area (Å²) in [5, 5.41) is 2.97. The fourth-order valence-electron chi connectivity index (χ4n) is 1.69. The molecule has 112 valence electrons. The molecule has 1 atom stereocenters. The number of nitrogens with two attached hydrogens (primary N) is 1. The highest BCUT2D eigenvalue weighted by atomic mass is 32.2. The summed E-state index contributed by atoms with van der Waals surface area (Å²) in [5.74, 6) is -0.0875. The summed E-state index contributed by atoms with van der Waals surface area (Å²) < 4.78 is 25.6. The van der Waals surface area contributed by atoms with Gasteiger partial charge >= 0.3 is 0 Å². The van der Waals surface area contributed by atoms with Crippen LogP contribution in [0.5, 0.6) is 0 Å². The number of anilines is 2. The molecule has 0 radical (unpaired) electrons. The lowest BCUT2D eigenvalue weighted by Gasteiger charge is -2.19. The number of sulfonamides is 1. The van der Waals surface area contributed by atoms with Crippen molar-refractivity contribution in [2.45, 2.75) is 17.9 Å². The van der Waals surface area contributed by atoms with E-state index in [2.05, 4.69) is 10.0 Å². The average Bonchev–Trinajstić information content (AvgIpc) is 2.37. The van der Waals surface area contributed by atoms with Crippen LogP contribution in [-0.2, 0) is 14.8 Å². The maximum absolute atomic E-state index is 11.7. The molecule has 0 bridgehead atoms. The van der Waals surface area contributed by atoms with Crippen LogP contribution in [0, 0.1) is 0 Å². The van der Waals surface area contributed by atoms with E-state index in [0.29, 0.717) is 5.69 Å². The quantitative estimate of drug-likeness (QED) is 0.667.